The van der Waals surface area contributed by atoms with Gasteiger partial charge in [0.2, 0.25) is 0 Å². The molecule has 316 valence electrons. The molecule has 63 heavy (non-hydrogen) atoms. The summed E-state index contributed by atoms with van der Waals surface area (Å²) >= 11 is 0. The molecule has 5 fully saturated rings. The second-order valence-electron chi connectivity index (χ2n) is 22.3. The minimum atomic E-state index is -0.0319. The normalized spacial score (nSPS) is 23.5. The Bertz CT molecular complexity index is 2870. The zero-order valence-corrected chi connectivity index (χ0v) is 38.3. The molecule has 0 aliphatic heterocycles. The maximum Gasteiger partial charge on any atom is 0.0540 e. The number of hydrogen-bond donors (Lipinski definition) is 0. The third-order valence-electron chi connectivity index (χ3n) is 16.9. The molecule has 0 saturated heterocycles. The summed E-state index contributed by atoms with van der Waals surface area (Å²) in [6, 6.07) is 57.3. The molecule has 0 amide bonds. The molecule has 7 aromatic rings. The number of nitrogens with zero attached hydrogens (tertiary/aromatic N) is 1. The quantitative estimate of drug-likeness (QED) is 0.162. The number of para-hydroxylation sites is 2. The highest BCUT2D eigenvalue weighted by molar-refractivity contribution is 6.04. The van der Waals surface area contributed by atoms with Crippen molar-refractivity contribution < 1.29 is 0 Å². The van der Waals surface area contributed by atoms with Crippen molar-refractivity contribution in [1.29, 1.82) is 0 Å². The highest BCUT2D eigenvalue weighted by Gasteiger charge is 2.70. The maximum atomic E-state index is 2.67. The molecule has 1 nitrogen and oxygen atoms in total. The van der Waals surface area contributed by atoms with Crippen molar-refractivity contribution in [3.05, 3.63) is 173 Å². The van der Waals surface area contributed by atoms with E-state index in [0.29, 0.717) is 5.92 Å². The van der Waals surface area contributed by atoms with Gasteiger partial charge < -0.3 is 4.90 Å². The van der Waals surface area contributed by atoms with E-state index >= 15 is 0 Å². The summed E-state index contributed by atoms with van der Waals surface area (Å²) in [6.45, 7) is 14.2. The summed E-state index contributed by atoms with van der Waals surface area (Å²) in [5, 5.41) is 2.77. The molecule has 5 saturated carbocycles. The van der Waals surface area contributed by atoms with E-state index in [1.54, 1.807) is 11.1 Å². The van der Waals surface area contributed by atoms with Crippen molar-refractivity contribution in [2.45, 2.75) is 115 Å². The van der Waals surface area contributed by atoms with Gasteiger partial charge in [0.15, 0.2) is 0 Å². The third-order valence-corrected chi connectivity index (χ3v) is 16.9. The summed E-state index contributed by atoms with van der Waals surface area (Å²) in [6.07, 6.45) is 10.8. The Kier molecular flexibility index (Phi) is 8.90. The monoisotopic (exact) mass is 821 g/mol. The van der Waals surface area contributed by atoms with E-state index in [9.17, 15) is 0 Å². The average Bonchev–Trinajstić information content (AvgIpc) is 4.11. The number of benzene rings is 7. The highest BCUT2D eigenvalue weighted by Crippen LogP contribution is 2.77. The molecule has 13 rings (SSSR count). The van der Waals surface area contributed by atoms with Gasteiger partial charge in [-0.25, -0.2) is 0 Å². The van der Waals surface area contributed by atoms with E-state index < -0.39 is 0 Å². The van der Waals surface area contributed by atoms with Gasteiger partial charge in [0, 0.05) is 22.2 Å². The first-order valence-corrected chi connectivity index (χ1v) is 24.4. The molecule has 4 atom stereocenters. The second kappa shape index (κ2) is 14.3. The molecule has 6 aliphatic rings. The lowest BCUT2D eigenvalue weighted by atomic mass is 9.66. The molecule has 0 aromatic heterocycles. The Morgan fingerprint density at radius 2 is 1.05 bits per heavy atom. The molecular weight excluding hydrogens is 759 g/mol. The van der Waals surface area contributed by atoms with Crippen LogP contribution in [0.25, 0.3) is 44.2 Å². The second-order valence-corrected chi connectivity index (χ2v) is 22.3. The van der Waals surface area contributed by atoms with Crippen molar-refractivity contribution in [3.63, 3.8) is 0 Å². The lowest BCUT2D eigenvalue weighted by Crippen LogP contribution is -2.34. The van der Waals surface area contributed by atoms with Crippen molar-refractivity contribution in [3.8, 4) is 33.4 Å². The first kappa shape index (κ1) is 39.2. The van der Waals surface area contributed by atoms with Crippen molar-refractivity contribution in [2.24, 2.45) is 23.7 Å². The van der Waals surface area contributed by atoms with Crippen LogP contribution in [-0.2, 0) is 16.2 Å². The van der Waals surface area contributed by atoms with E-state index in [-0.39, 0.29) is 16.2 Å². The summed E-state index contributed by atoms with van der Waals surface area (Å²) in [4.78, 5) is 2.64. The first-order chi connectivity index (χ1) is 30.5. The van der Waals surface area contributed by atoms with Gasteiger partial charge in [-0.15, -0.1) is 0 Å². The smallest absolute Gasteiger partial charge is 0.0540 e. The fourth-order valence-corrected chi connectivity index (χ4v) is 14.1. The summed E-state index contributed by atoms with van der Waals surface area (Å²) < 4.78 is 0. The van der Waals surface area contributed by atoms with Gasteiger partial charge >= 0.3 is 0 Å². The Morgan fingerprint density at radius 1 is 0.476 bits per heavy atom. The summed E-state index contributed by atoms with van der Waals surface area (Å²) in [5.74, 6) is 3.88. The standard InChI is InChI=1S/C62H63N/c1-60(2,3)44-36-45(61(4,5)6)38-46(37-44)63(58-29-15-12-24-51(58)52-26-17-21-40-20-16-25-48(59(40)52)39-18-8-7-9-19-39)57-28-14-11-22-47(57)41-30-31-50-49-23-10-13-27-53(49)62(56(50)33-41)54-34-42-32-43(54)35-55(42)62/h10-17,20-31,33,36-39,42-43,54-55H,7-9,18-19,32,34-35H2,1-6H3. The minimum Gasteiger partial charge on any atom is -0.309 e. The van der Waals surface area contributed by atoms with E-state index in [1.807, 2.05) is 0 Å². The molecule has 4 bridgehead atoms. The Balaban J connectivity index is 1.10. The van der Waals surface area contributed by atoms with Crippen LogP contribution in [0.1, 0.15) is 127 Å². The summed E-state index contributed by atoms with van der Waals surface area (Å²) in [7, 11) is 0. The Hall–Kier alpha value is -5.40. The van der Waals surface area contributed by atoms with Crippen LogP contribution < -0.4 is 4.90 Å². The molecule has 0 heterocycles. The van der Waals surface area contributed by atoms with Crippen LogP contribution in [0.3, 0.4) is 0 Å². The van der Waals surface area contributed by atoms with Gasteiger partial charge in [-0.2, -0.15) is 0 Å². The molecule has 0 N–H and O–H groups in total. The lowest BCUT2D eigenvalue weighted by Gasteiger charge is -2.37. The molecule has 0 radical (unpaired) electrons. The Labute approximate surface area is 376 Å². The number of fused-ring (bicyclic) bond motifs is 4. The predicted molar refractivity (Wildman–Crippen MR) is 267 cm³/mol. The van der Waals surface area contributed by atoms with Crippen LogP contribution in [0.15, 0.2) is 146 Å². The van der Waals surface area contributed by atoms with E-state index in [0.717, 1.165) is 23.7 Å². The third kappa shape index (κ3) is 5.94. The van der Waals surface area contributed by atoms with E-state index in [1.165, 1.54) is 129 Å². The largest absolute Gasteiger partial charge is 0.309 e. The molecule has 7 aromatic carbocycles. The van der Waals surface area contributed by atoms with Gasteiger partial charge in [0.05, 0.1) is 11.4 Å². The molecule has 1 heteroatoms. The SMILES string of the molecule is CC(C)(C)c1cc(N(c2ccccc2-c2ccc3c(c2)C2(c4ccccc4-3)C3CC4CC3CC42)c2ccccc2-c2cccc3cccc(C4CCCCC4)c23)cc(C(C)(C)C)c1. The minimum absolute atomic E-state index is 0.0319. The van der Waals surface area contributed by atoms with Gasteiger partial charge in [0.1, 0.15) is 0 Å². The average molecular weight is 822 g/mol. The molecule has 1 spiro atoms. The van der Waals surface area contributed by atoms with Gasteiger partial charge in [0.25, 0.3) is 0 Å². The Morgan fingerprint density at radius 3 is 1.71 bits per heavy atom. The van der Waals surface area contributed by atoms with Gasteiger partial charge in [-0.3, -0.25) is 0 Å². The number of anilines is 3. The highest BCUT2D eigenvalue weighted by atomic mass is 15.1. The van der Waals surface area contributed by atoms with Crippen LogP contribution in [0.5, 0.6) is 0 Å². The fraction of sp³-hybridized carbons (Fsp3) is 0.355. The van der Waals surface area contributed by atoms with E-state index in [2.05, 4.69) is 192 Å². The summed E-state index contributed by atoms with van der Waals surface area (Å²) in [5.41, 5.74) is 19.4. The molecule has 6 aliphatic carbocycles. The van der Waals surface area contributed by atoms with Gasteiger partial charge in [-0.1, -0.05) is 176 Å². The lowest BCUT2D eigenvalue weighted by molar-refractivity contribution is 0.307. The van der Waals surface area contributed by atoms with E-state index in [4.69, 9.17) is 0 Å². The van der Waals surface area contributed by atoms with Crippen LogP contribution in [0, 0.1) is 23.7 Å². The van der Waals surface area contributed by atoms with Crippen LogP contribution in [0.2, 0.25) is 0 Å². The van der Waals surface area contributed by atoms with Crippen LogP contribution in [-0.4, -0.2) is 0 Å². The van der Waals surface area contributed by atoms with Crippen LogP contribution in [0.4, 0.5) is 17.1 Å². The number of hydrogen-bond acceptors (Lipinski definition) is 1. The topological polar surface area (TPSA) is 3.24 Å². The first-order valence-electron chi connectivity index (χ1n) is 24.4. The zero-order chi connectivity index (χ0) is 42.8. The molecular formula is C62H63N. The number of rotatable bonds is 6. The van der Waals surface area contributed by atoms with Crippen molar-refractivity contribution in [2.75, 3.05) is 4.90 Å². The van der Waals surface area contributed by atoms with Crippen molar-refractivity contribution in [1.82, 2.24) is 0 Å². The predicted octanol–water partition coefficient (Wildman–Crippen LogP) is 17.2. The molecule has 4 unspecified atom stereocenters. The van der Waals surface area contributed by atoms with Gasteiger partial charge in [-0.05, 0) is 164 Å². The van der Waals surface area contributed by atoms with Crippen molar-refractivity contribution >= 4 is 27.8 Å². The maximum absolute atomic E-state index is 2.67. The van der Waals surface area contributed by atoms with Crippen LogP contribution >= 0.6 is 0 Å². The fourth-order valence-electron chi connectivity index (χ4n) is 14.1. The zero-order valence-electron chi connectivity index (χ0n) is 38.3.